The van der Waals surface area contributed by atoms with Gasteiger partial charge in [-0.2, -0.15) is 0 Å². The van der Waals surface area contributed by atoms with E-state index >= 15 is 0 Å². The second-order valence-electron chi connectivity index (χ2n) is 5.20. The van der Waals surface area contributed by atoms with Crippen LogP contribution in [0, 0.1) is 13.8 Å². The van der Waals surface area contributed by atoms with E-state index in [1.54, 1.807) is 0 Å². The molecule has 98 valence electrons. The summed E-state index contributed by atoms with van der Waals surface area (Å²) in [5, 5.41) is 0. The zero-order chi connectivity index (χ0) is 13.0. The molecule has 2 heteroatoms. The standard InChI is InChI=1S/C16H22O2/c1-12-6-3-9-15(13(12)2)16(17)10-4-7-14-8-5-11-18-14/h3,6,9,14H,4-5,7-8,10-11H2,1-2H3. The summed E-state index contributed by atoms with van der Waals surface area (Å²) in [6.45, 7) is 4.98. The van der Waals surface area contributed by atoms with Crippen molar-refractivity contribution in [3.05, 3.63) is 34.9 Å². The summed E-state index contributed by atoms with van der Waals surface area (Å²) in [7, 11) is 0. The fourth-order valence-corrected chi connectivity index (χ4v) is 2.55. The van der Waals surface area contributed by atoms with Crippen LogP contribution in [0.3, 0.4) is 0 Å². The minimum Gasteiger partial charge on any atom is -0.378 e. The van der Waals surface area contributed by atoms with Crippen LogP contribution in [-0.2, 0) is 4.74 Å². The van der Waals surface area contributed by atoms with E-state index in [0.29, 0.717) is 12.5 Å². The predicted octanol–water partition coefficient (Wildman–Crippen LogP) is 3.84. The van der Waals surface area contributed by atoms with E-state index in [2.05, 4.69) is 13.0 Å². The lowest BCUT2D eigenvalue weighted by atomic mass is 9.97. The van der Waals surface area contributed by atoms with Crippen molar-refractivity contribution >= 4 is 5.78 Å². The fraction of sp³-hybridized carbons (Fsp3) is 0.562. The van der Waals surface area contributed by atoms with E-state index in [0.717, 1.165) is 37.0 Å². The number of ketones is 1. The first-order valence-electron chi connectivity index (χ1n) is 6.89. The molecule has 1 unspecified atom stereocenters. The normalized spacial score (nSPS) is 19.1. The first-order valence-corrected chi connectivity index (χ1v) is 6.89. The van der Waals surface area contributed by atoms with Crippen LogP contribution in [0.15, 0.2) is 18.2 Å². The molecule has 1 saturated heterocycles. The zero-order valence-corrected chi connectivity index (χ0v) is 11.4. The van der Waals surface area contributed by atoms with Crippen LogP contribution in [0.2, 0.25) is 0 Å². The Labute approximate surface area is 109 Å². The second kappa shape index (κ2) is 6.14. The first kappa shape index (κ1) is 13.3. The van der Waals surface area contributed by atoms with Gasteiger partial charge < -0.3 is 4.74 Å². The molecule has 0 bridgehead atoms. The molecular formula is C16H22O2. The molecule has 1 aliphatic heterocycles. The van der Waals surface area contributed by atoms with Crippen molar-refractivity contribution in [1.29, 1.82) is 0 Å². The third-order valence-corrected chi connectivity index (χ3v) is 3.86. The molecule has 1 aliphatic rings. The minimum atomic E-state index is 0.272. The minimum absolute atomic E-state index is 0.272. The first-order chi connectivity index (χ1) is 8.68. The van der Waals surface area contributed by atoms with Gasteiger partial charge in [0.15, 0.2) is 5.78 Å². The number of benzene rings is 1. The van der Waals surface area contributed by atoms with Gasteiger partial charge in [0, 0.05) is 18.6 Å². The molecule has 1 heterocycles. The lowest BCUT2D eigenvalue weighted by molar-refractivity contribution is 0.0922. The molecule has 0 radical (unpaired) electrons. The quantitative estimate of drug-likeness (QED) is 0.738. The van der Waals surface area contributed by atoms with Crippen molar-refractivity contribution in [2.75, 3.05) is 6.61 Å². The summed E-state index contributed by atoms with van der Waals surface area (Å²) in [6.07, 6.45) is 5.35. The van der Waals surface area contributed by atoms with Gasteiger partial charge in [-0.15, -0.1) is 0 Å². The fourth-order valence-electron chi connectivity index (χ4n) is 2.55. The highest BCUT2D eigenvalue weighted by Gasteiger charge is 2.16. The van der Waals surface area contributed by atoms with Crippen LogP contribution < -0.4 is 0 Å². The zero-order valence-electron chi connectivity index (χ0n) is 11.4. The van der Waals surface area contributed by atoms with Gasteiger partial charge in [0.2, 0.25) is 0 Å². The summed E-state index contributed by atoms with van der Waals surface area (Å²) < 4.78 is 5.57. The SMILES string of the molecule is Cc1cccc(C(=O)CCCC2CCCO2)c1C. The molecule has 18 heavy (non-hydrogen) atoms. The smallest absolute Gasteiger partial charge is 0.163 e. The molecule has 0 aromatic heterocycles. The Kier molecular flexibility index (Phi) is 4.54. The molecule has 0 spiro atoms. The van der Waals surface area contributed by atoms with E-state index in [-0.39, 0.29) is 5.78 Å². The second-order valence-corrected chi connectivity index (χ2v) is 5.20. The van der Waals surface area contributed by atoms with Gasteiger partial charge in [-0.25, -0.2) is 0 Å². The van der Waals surface area contributed by atoms with E-state index < -0.39 is 0 Å². The van der Waals surface area contributed by atoms with Crippen LogP contribution >= 0.6 is 0 Å². The Bertz CT molecular complexity index is 417. The maximum Gasteiger partial charge on any atom is 0.163 e. The molecule has 1 fully saturated rings. The molecule has 1 atom stereocenters. The van der Waals surface area contributed by atoms with Crippen LogP contribution in [0.25, 0.3) is 0 Å². The number of hydrogen-bond acceptors (Lipinski definition) is 2. The summed E-state index contributed by atoms with van der Waals surface area (Å²) in [5.74, 6) is 0.272. The van der Waals surface area contributed by atoms with Crippen molar-refractivity contribution < 1.29 is 9.53 Å². The van der Waals surface area contributed by atoms with Gasteiger partial charge >= 0.3 is 0 Å². The monoisotopic (exact) mass is 246 g/mol. The van der Waals surface area contributed by atoms with Crippen LogP contribution in [-0.4, -0.2) is 18.5 Å². The highest BCUT2D eigenvalue weighted by molar-refractivity contribution is 5.97. The number of carbonyl (C=O) groups excluding carboxylic acids is 1. The number of hydrogen-bond donors (Lipinski definition) is 0. The topological polar surface area (TPSA) is 26.3 Å². The number of carbonyl (C=O) groups is 1. The van der Waals surface area contributed by atoms with Gasteiger partial charge in [0.05, 0.1) is 6.10 Å². The summed E-state index contributed by atoms with van der Waals surface area (Å²) in [4.78, 5) is 12.2. The molecular weight excluding hydrogens is 224 g/mol. The van der Waals surface area contributed by atoms with Gasteiger partial charge in [-0.05, 0) is 50.7 Å². The molecule has 1 aromatic carbocycles. The Morgan fingerprint density at radius 3 is 2.94 bits per heavy atom. The van der Waals surface area contributed by atoms with Crippen LogP contribution in [0.1, 0.15) is 53.6 Å². The van der Waals surface area contributed by atoms with Crippen molar-refractivity contribution in [1.82, 2.24) is 0 Å². The maximum atomic E-state index is 12.2. The third-order valence-electron chi connectivity index (χ3n) is 3.86. The van der Waals surface area contributed by atoms with Crippen molar-refractivity contribution in [3.63, 3.8) is 0 Å². The van der Waals surface area contributed by atoms with Crippen molar-refractivity contribution in [2.45, 2.75) is 52.1 Å². The van der Waals surface area contributed by atoms with Crippen LogP contribution in [0.5, 0.6) is 0 Å². The van der Waals surface area contributed by atoms with E-state index in [1.165, 1.54) is 12.0 Å². The lowest BCUT2D eigenvalue weighted by Crippen LogP contribution is -2.07. The van der Waals surface area contributed by atoms with Crippen molar-refractivity contribution in [2.24, 2.45) is 0 Å². The number of ether oxygens (including phenoxy) is 1. The predicted molar refractivity (Wildman–Crippen MR) is 73.1 cm³/mol. The number of aryl methyl sites for hydroxylation is 1. The summed E-state index contributed by atoms with van der Waals surface area (Å²) in [6, 6.07) is 5.96. The summed E-state index contributed by atoms with van der Waals surface area (Å²) >= 11 is 0. The Hall–Kier alpha value is -1.15. The van der Waals surface area contributed by atoms with Crippen LogP contribution in [0.4, 0.5) is 0 Å². The van der Waals surface area contributed by atoms with Gasteiger partial charge in [0.25, 0.3) is 0 Å². The molecule has 0 N–H and O–H groups in total. The average Bonchev–Trinajstić information content (AvgIpc) is 2.85. The van der Waals surface area contributed by atoms with Gasteiger partial charge in [-0.1, -0.05) is 18.2 Å². The highest BCUT2D eigenvalue weighted by atomic mass is 16.5. The Morgan fingerprint density at radius 1 is 1.39 bits per heavy atom. The maximum absolute atomic E-state index is 12.2. The lowest BCUT2D eigenvalue weighted by Gasteiger charge is -2.10. The Balaban J connectivity index is 1.85. The van der Waals surface area contributed by atoms with E-state index in [1.807, 2.05) is 19.1 Å². The molecule has 2 nitrogen and oxygen atoms in total. The highest BCUT2D eigenvalue weighted by Crippen LogP contribution is 2.20. The Morgan fingerprint density at radius 2 is 2.22 bits per heavy atom. The molecule has 0 aliphatic carbocycles. The molecule has 0 saturated carbocycles. The number of Topliss-reactive ketones (excluding diaryl/α,β-unsaturated/α-hetero) is 1. The van der Waals surface area contributed by atoms with E-state index in [4.69, 9.17) is 4.74 Å². The summed E-state index contributed by atoms with van der Waals surface area (Å²) in [5.41, 5.74) is 3.21. The third kappa shape index (κ3) is 3.20. The van der Waals surface area contributed by atoms with E-state index in [9.17, 15) is 4.79 Å². The largest absolute Gasteiger partial charge is 0.378 e. The van der Waals surface area contributed by atoms with Gasteiger partial charge in [-0.3, -0.25) is 4.79 Å². The molecule has 1 aromatic rings. The average molecular weight is 246 g/mol. The van der Waals surface area contributed by atoms with Gasteiger partial charge in [0.1, 0.15) is 0 Å². The number of rotatable bonds is 5. The molecule has 2 rings (SSSR count). The van der Waals surface area contributed by atoms with Crippen molar-refractivity contribution in [3.8, 4) is 0 Å². The molecule has 0 amide bonds.